The Morgan fingerprint density at radius 3 is 2.26 bits per heavy atom. The van der Waals surface area contributed by atoms with Crippen molar-refractivity contribution in [2.24, 2.45) is 0 Å². The molecule has 1 aliphatic heterocycles. The van der Waals surface area contributed by atoms with Crippen molar-refractivity contribution in [3.63, 3.8) is 0 Å². The van der Waals surface area contributed by atoms with E-state index >= 15 is 0 Å². The molecule has 202 valence electrons. The Balaban J connectivity index is 2.39. The lowest BCUT2D eigenvalue weighted by molar-refractivity contribution is -0.166. The second-order valence-corrected chi connectivity index (χ2v) is 11.4. The Bertz CT molecular complexity index is 938. The predicted octanol–water partition coefficient (Wildman–Crippen LogP) is 2.37. The van der Waals surface area contributed by atoms with E-state index in [1.807, 2.05) is 27.7 Å². The standard InChI is InChI=1S/C20H37N3O10P2/c1-8-30-35(27,31-9-2)12-29-19-17(33-34(26)23(13(3)4)14(5)6)16(28-7)18(32-19)22-11-10-15(24)21-20(22)25/h10-11,13-14,16-19,26H,8-9,12H2,1-7H3,(H,21,24,25)/t16-,17+,18-,19+,34?/m1/s1. The summed E-state index contributed by atoms with van der Waals surface area (Å²) in [5.41, 5.74) is -1.30. The molecule has 1 aliphatic rings. The first-order chi connectivity index (χ1) is 16.5. The quantitative estimate of drug-likeness (QED) is 0.334. The Hall–Kier alpha value is -0.980. The highest BCUT2D eigenvalue weighted by Crippen LogP contribution is 2.50. The molecule has 2 heterocycles. The van der Waals surface area contributed by atoms with Gasteiger partial charge in [0.15, 0.2) is 18.9 Å². The number of methoxy groups -OCH3 is 1. The molecule has 0 aromatic carbocycles. The number of nitrogens with zero attached hydrogens (tertiary/aromatic N) is 2. The van der Waals surface area contributed by atoms with E-state index in [1.165, 1.54) is 13.3 Å². The van der Waals surface area contributed by atoms with Crippen molar-refractivity contribution in [2.75, 3.05) is 26.7 Å². The maximum absolute atomic E-state index is 12.9. The molecule has 0 radical (unpaired) electrons. The van der Waals surface area contributed by atoms with Gasteiger partial charge in [0, 0.05) is 31.5 Å². The molecule has 1 saturated heterocycles. The SMILES string of the molecule is CCOP(=O)(CO[C@H]1O[C@@H](n2ccc(=O)[nH]c2=O)[C@H](OC)[C@@H]1OP(O)N(C(C)C)C(C)C)OCC. The smallest absolute Gasteiger partial charge is 0.356 e. The number of hydrogen-bond acceptors (Lipinski definition) is 11. The van der Waals surface area contributed by atoms with Crippen molar-refractivity contribution in [3.8, 4) is 0 Å². The molecule has 1 aromatic rings. The molecular formula is C20H37N3O10P2. The number of hydrogen-bond donors (Lipinski definition) is 2. The van der Waals surface area contributed by atoms with Crippen LogP contribution in [0.25, 0.3) is 0 Å². The second kappa shape index (κ2) is 13.5. The summed E-state index contributed by atoms with van der Waals surface area (Å²) >= 11 is 0. The van der Waals surface area contributed by atoms with Gasteiger partial charge in [0.1, 0.15) is 12.2 Å². The lowest BCUT2D eigenvalue weighted by atomic mass is 10.2. The third-order valence-corrected chi connectivity index (χ3v) is 8.58. The lowest BCUT2D eigenvalue weighted by Gasteiger charge is -2.35. The Morgan fingerprint density at radius 2 is 1.77 bits per heavy atom. The van der Waals surface area contributed by atoms with E-state index in [2.05, 4.69) is 4.98 Å². The summed E-state index contributed by atoms with van der Waals surface area (Å²) < 4.78 is 49.8. The van der Waals surface area contributed by atoms with Crippen LogP contribution < -0.4 is 11.2 Å². The molecule has 1 fully saturated rings. The first kappa shape index (κ1) is 30.2. The van der Waals surface area contributed by atoms with Gasteiger partial charge in [-0.2, -0.15) is 0 Å². The van der Waals surface area contributed by atoms with Gasteiger partial charge in [0.25, 0.3) is 14.1 Å². The van der Waals surface area contributed by atoms with Crippen LogP contribution in [0.1, 0.15) is 47.8 Å². The van der Waals surface area contributed by atoms with Crippen molar-refractivity contribution >= 4 is 16.1 Å². The van der Waals surface area contributed by atoms with Crippen LogP contribution in [0.5, 0.6) is 0 Å². The van der Waals surface area contributed by atoms with E-state index in [9.17, 15) is 19.0 Å². The second-order valence-electron chi connectivity index (χ2n) is 8.25. The molecule has 1 aromatic heterocycles. The van der Waals surface area contributed by atoms with Crippen molar-refractivity contribution in [2.45, 2.75) is 78.4 Å². The Kier molecular flexibility index (Phi) is 11.7. The van der Waals surface area contributed by atoms with Gasteiger partial charge >= 0.3 is 13.3 Å². The summed E-state index contributed by atoms with van der Waals surface area (Å²) in [5.74, 6) is 0. The van der Waals surface area contributed by atoms with E-state index in [0.717, 1.165) is 10.6 Å². The minimum atomic E-state index is -3.60. The number of ether oxygens (including phenoxy) is 3. The molecular weight excluding hydrogens is 504 g/mol. The topological polar surface area (TPSA) is 151 Å². The van der Waals surface area contributed by atoms with Crippen LogP contribution in [0.2, 0.25) is 0 Å². The summed E-state index contributed by atoms with van der Waals surface area (Å²) in [5, 5.41) is 0. The Labute approximate surface area is 206 Å². The van der Waals surface area contributed by atoms with Crippen LogP contribution in [0, 0.1) is 0 Å². The van der Waals surface area contributed by atoms with Crippen LogP contribution in [-0.2, 0) is 32.3 Å². The zero-order chi connectivity index (χ0) is 26.3. The van der Waals surface area contributed by atoms with Gasteiger partial charge < -0.3 is 32.7 Å². The van der Waals surface area contributed by atoms with E-state index < -0.39 is 58.4 Å². The zero-order valence-corrected chi connectivity index (χ0v) is 22.9. The summed E-state index contributed by atoms with van der Waals surface area (Å²) in [6, 6.07) is 1.09. The van der Waals surface area contributed by atoms with Crippen LogP contribution >= 0.6 is 16.1 Å². The van der Waals surface area contributed by atoms with Crippen LogP contribution in [0.15, 0.2) is 21.9 Å². The average molecular weight is 541 g/mol. The first-order valence-electron chi connectivity index (χ1n) is 11.4. The monoisotopic (exact) mass is 541 g/mol. The molecule has 0 amide bonds. The highest BCUT2D eigenvalue weighted by molar-refractivity contribution is 7.53. The fraction of sp³-hybridized carbons (Fsp3) is 0.800. The van der Waals surface area contributed by atoms with Crippen molar-refractivity contribution in [3.05, 3.63) is 33.1 Å². The first-order valence-corrected chi connectivity index (χ1v) is 14.3. The van der Waals surface area contributed by atoms with Gasteiger partial charge in [0.05, 0.1) is 13.2 Å². The normalized spacial score (nSPS) is 24.1. The molecule has 0 spiro atoms. The molecule has 0 saturated carbocycles. The van der Waals surface area contributed by atoms with Crippen molar-refractivity contribution < 1.29 is 37.2 Å². The molecule has 0 aliphatic carbocycles. The summed E-state index contributed by atoms with van der Waals surface area (Å²) in [7, 11) is -4.34. The number of aromatic nitrogens is 2. The van der Waals surface area contributed by atoms with Crippen molar-refractivity contribution in [1.29, 1.82) is 0 Å². The van der Waals surface area contributed by atoms with E-state index in [-0.39, 0.29) is 25.3 Å². The number of nitrogens with one attached hydrogen (secondary N) is 1. The van der Waals surface area contributed by atoms with Gasteiger partial charge in [-0.15, -0.1) is 0 Å². The molecule has 2 N–H and O–H groups in total. The summed E-state index contributed by atoms with van der Waals surface area (Å²) in [6.45, 7) is 11.3. The fourth-order valence-electron chi connectivity index (χ4n) is 3.78. The molecule has 1 unspecified atom stereocenters. The van der Waals surface area contributed by atoms with Crippen LogP contribution in [-0.4, -0.2) is 76.4 Å². The molecule has 2 rings (SSSR count). The number of H-pyrrole nitrogens is 1. The number of aromatic amines is 1. The minimum absolute atomic E-state index is 0.0393. The van der Waals surface area contributed by atoms with Crippen molar-refractivity contribution in [1.82, 2.24) is 14.2 Å². The zero-order valence-electron chi connectivity index (χ0n) is 21.2. The van der Waals surface area contributed by atoms with E-state index in [0.29, 0.717) is 0 Å². The summed E-state index contributed by atoms with van der Waals surface area (Å²) in [4.78, 5) is 37.1. The van der Waals surface area contributed by atoms with Gasteiger partial charge in [0.2, 0.25) is 0 Å². The largest absolute Gasteiger partial charge is 0.374 e. The fourth-order valence-corrected chi connectivity index (χ4v) is 6.46. The van der Waals surface area contributed by atoms with Gasteiger partial charge in [-0.05, 0) is 41.5 Å². The van der Waals surface area contributed by atoms with Gasteiger partial charge in [-0.1, -0.05) is 0 Å². The molecule has 35 heavy (non-hydrogen) atoms. The molecule has 13 nitrogen and oxygen atoms in total. The molecule has 15 heteroatoms. The third-order valence-electron chi connectivity index (χ3n) is 5.06. The minimum Gasteiger partial charge on any atom is -0.374 e. The maximum Gasteiger partial charge on any atom is 0.356 e. The summed E-state index contributed by atoms with van der Waals surface area (Å²) in [6.07, 6.45) is -3.44. The predicted molar refractivity (Wildman–Crippen MR) is 129 cm³/mol. The lowest BCUT2D eigenvalue weighted by Crippen LogP contribution is -2.41. The molecule has 5 atom stereocenters. The van der Waals surface area contributed by atoms with Gasteiger partial charge in [-0.3, -0.25) is 18.9 Å². The highest BCUT2D eigenvalue weighted by Gasteiger charge is 2.50. The Morgan fingerprint density at radius 1 is 1.17 bits per heavy atom. The number of rotatable bonds is 14. The van der Waals surface area contributed by atoms with E-state index in [1.54, 1.807) is 18.5 Å². The highest BCUT2D eigenvalue weighted by atomic mass is 31.2. The van der Waals surface area contributed by atoms with Crippen LogP contribution in [0.3, 0.4) is 0 Å². The molecule has 0 bridgehead atoms. The average Bonchev–Trinajstić information content (AvgIpc) is 3.09. The van der Waals surface area contributed by atoms with Gasteiger partial charge in [-0.25, -0.2) is 9.46 Å². The third kappa shape index (κ3) is 7.75. The maximum atomic E-state index is 12.9. The van der Waals surface area contributed by atoms with E-state index in [4.69, 9.17) is 27.8 Å². The van der Waals surface area contributed by atoms with Crippen LogP contribution in [0.4, 0.5) is 0 Å².